The smallest absolute Gasteiger partial charge is 0.204 e. The Morgan fingerprint density at radius 1 is 1.20 bits per heavy atom. The number of hydrogen-bond donors (Lipinski definition) is 3. The van der Waals surface area contributed by atoms with Gasteiger partial charge in [0.05, 0.1) is 17.6 Å². The van der Waals surface area contributed by atoms with Crippen molar-refractivity contribution in [1.29, 1.82) is 0 Å². The second-order valence-electron chi connectivity index (χ2n) is 8.08. The molecule has 0 atom stereocenters. The van der Waals surface area contributed by atoms with Gasteiger partial charge in [-0.3, -0.25) is 4.98 Å². The summed E-state index contributed by atoms with van der Waals surface area (Å²) in [6, 6.07) is 8.05. The number of anilines is 1. The molecule has 30 heavy (non-hydrogen) atoms. The number of aromatic hydroxyl groups is 1. The molecule has 0 bridgehead atoms. The minimum absolute atomic E-state index is 0.204. The fraction of sp³-hybridized carbons (Fsp3) is 0.455. The van der Waals surface area contributed by atoms with E-state index in [2.05, 4.69) is 54.8 Å². The van der Waals surface area contributed by atoms with Gasteiger partial charge in [-0.2, -0.15) is 0 Å². The van der Waals surface area contributed by atoms with Crippen LogP contribution in [0.3, 0.4) is 0 Å². The Kier molecular flexibility index (Phi) is 6.26. The SMILES string of the molecule is Cc1ccc(O)c(Cn2c(NC3CCN(CCN)CC3)nc3c(C)cc(Br)cc32)n1. The molecule has 3 aromatic rings. The number of halogens is 1. The third kappa shape index (κ3) is 4.45. The molecule has 0 unspecified atom stereocenters. The summed E-state index contributed by atoms with van der Waals surface area (Å²) in [6.07, 6.45) is 2.11. The van der Waals surface area contributed by atoms with Crippen LogP contribution < -0.4 is 11.1 Å². The summed E-state index contributed by atoms with van der Waals surface area (Å²) in [6.45, 7) is 8.20. The highest BCUT2D eigenvalue weighted by Crippen LogP contribution is 2.30. The van der Waals surface area contributed by atoms with Gasteiger partial charge in [-0.1, -0.05) is 15.9 Å². The van der Waals surface area contributed by atoms with Gasteiger partial charge in [0.1, 0.15) is 11.4 Å². The van der Waals surface area contributed by atoms with Crippen molar-refractivity contribution in [2.45, 2.75) is 39.3 Å². The predicted octanol–water partition coefficient (Wildman–Crippen LogP) is 3.40. The molecular weight excluding hydrogens is 444 g/mol. The molecule has 4 N–H and O–H groups in total. The number of imidazole rings is 1. The first-order chi connectivity index (χ1) is 14.4. The highest BCUT2D eigenvalue weighted by Gasteiger charge is 2.22. The molecule has 0 spiro atoms. The summed E-state index contributed by atoms with van der Waals surface area (Å²) in [5, 5.41) is 14.0. The van der Waals surface area contributed by atoms with Crippen LogP contribution in [0.4, 0.5) is 5.95 Å². The monoisotopic (exact) mass is 472 g/mol. The Bertz CT molecular complexity index is 1040. The van der Waals surface area contributed by atoms with Gasteiger partial charge in [0.25, 0.3) is 0 Å². The van der Waals surface area contributed by atoms with Crippen molar-refractivity contribution in [3.63, 3.8) is 0 Å². The van der Waals surface area contributed by atoms with Crippen LogP contribution in [0.5, 0.6) is 5.75 Å². The molecule has 1 aliphatic heterocycles. The normalized spacial score (nSPS) is 15.7. The van der Waals surface area contributed by atoms with E-state index in [1.807, 2.05) is 13.0 Å². The summed E-state index contributed by atoms with van der Waals surface area (Å²) in [5.74, 6) is 1.03. The van der Waals surface area contributed by atoms with E-state index in [9.17, 15) is 5.11 Å². The molecule has 8 heteroatoms. The number of hydrogen-bond acceptors (Lipinski definition) is 6. The van der Waals surface area contributed by atoms with E-state index >= 15 is 0 Å². The van der Waals surface area contributed by atoms with Crippen LogP contribution in [-0.4, -0.2) is 56.8 Å². The fourth-order valence-corrected chi connectivity index (χ4v) is 4.72. The van der Waals surface area contributed by atoms with Gasteiger partial charge in [-0.15, -0.1) is 0 Å². The summed E-state index contributed by atoms with van der Waals surface area (Å²) in [5.41, 5.74) is 10.3. The van der Waals surface area contributed by atoms with Gasteiger partial charge >= 0.3 is 0 Å². The number of likely N-dealkylation sites (tertiary alicyclic amines) is 1. The summed E-state index contributed by atoms with van der Waals surface area (Å²) < 4.78 is 3.14. The Morgan fingerprint density at radius 3 is 2.70 bits per heavy atom. The van der Waals surface area contributed by atoms with Crippen molar-refractivity contribution in [3.05, 3.63) is 45.7 Å². The number of nitrogens with zero attached hydrogens (tertiary/aromatic N) is 4. The van der Waals surface area contributed by atoms with E-state index < -0.39 is 0 Å². The number of aryl methyl sites for hydroxylation is 2. The second-order valence-corrected chi connectivity index (χ2v) is 9.00. The van der Waals surface area contributed by atoms with Gasteiger partial charge in [-0.25, -0.2) is 4.98 Å². The maximum Gasteiger partial charge on any atom is 0.204 e. The van der Waals surface area contributed by atoms with E-state index in [4.69, 9.17) is 10.7 Å². The average molecular weight is 473 g/mol. The maximum atomic E-state index is 10.4. The van der Waals surface area contributed by atoms with Gasteiger partial charge in [0.2, 0.25) is 5.95 Å². The summed E-state index contributed by atoms with van der Waals surface area (Å²) >= 11 is 3.62. The third-order valence-corrected chi connectivity index (χ3v) is 6.23. The molecule has 7 nitrogen and oxygen atoms in total. The van der Waals surface area contributed by atoms with Crippen molar-refractivity contribution < 1.29 is 5.11 Å². The number of nitrogens with one attached hydrogen (secondary N) is 1. The Hall–Kier alpha value is -2.16. The van der Waals surface area contributed by atoms with Crippen LogP contribution in [0.25, 0.3) is 11.0 Å². The number of piperidine rings is 1. The minimum atomic E-state index is 0.204. The van der Waals surface area contributed by atoms with Crippen LogP contribution in [-0.2, 0) is 6.54 Å². The highest BCUT2D eigenvalue weighted by molar-refractivity contribution is 9.10. The number of rotatable bonds is 6. The third-order valence-electron chi connectivity index (χ3n) is 5.77. The lowest BCUT2D eigenvalue weighted by Crippen LogP contribution is -2.41. The quantitative estimate of drug-likeness (QED) is 0.509. The van der Waals surface area contributed by atoms with Gasteiger partial charge < -0.3 is 25.6 Å². The zero-order valence-corrected chi connectivity index (χ0v) is 19.1. The molecule has 0 amide bonds. The number of pyridine rings is 1. The molecule has 1 aliphatic rings. The molecule has 1 saturated heterocycles. The number of nitrogens with two attached hydrogens (primary N) is 1. The van der Waals surface area contributed by atoms with Crippen LogP contribution in [0, 0.1) is 13.8 Å². The summed E-state index contributed by atoms with van der Waals surface area (Å²) in [7, 11) is 0. The first kappa shape index (κ1) is 21.1. The first-order valence-electron chi connectivity index (χ1n) is 10.5. The Morgan fingerprint density at radius 2 is 1.97 bits per heavy atom. The molecule has 4 rings (SSSR count). The summed E-state index contributed by atoms with van der Waals surface area (Å²) in [4.78, 5) is 11.9. The number of aromatic nitrogens is 3. The molecule has 1 fully saturated rings. The highest BCUT2D eigenvalue weighted by atomic mass is 79.9. The van der Waals surface area contributed by atoms with Gasteiger partial charge in [0, 0.05) is 42.4 Å². The van der Waals surface area contributed by atoms with Crippen LogP contribution in [0.2, 0.25) is 0 Å². The van der Waals surface area contributed by atoms with Crippen molar-refractivity contribution in [1.82, 2.24) is 19.4 Å². The maximum absolute atomic E-state index is 10.4. The number of benzene rings is 1. The molecule has 1 aromatic carbocycles. The van der Waals surface area contributed by atoms with Crippen LogP contribution in [0.15, 0.2) is 28.7 Å². The average Bonchev–Trinajstić information content (AvgIpc) is 3.04. The molecule has 2 aromatic heterocycles. The van der Waals surface area contributed by atoms with Crippen molar-refractivity contribution >= 4 is 32.9 Å². The second kappa shape index (κ2) is 8.91. The molecule has 0 saturated carbocycles. The van der Waals surface area contributed by atoms with Crippen molar-refractivity contribution in [2.24, 2.45) is 5.73 Å². The van der Waals surface area contributed by atoms with Crippen LogP contribution in [0.1, 0.15) is 29.8 Å². The van der Waals surface area contributed by atoms with Gasteiger partial charge in [0.15, 0.2) is 0 Å². The van der Waals surface area contributed by atoms with E-state index in [0.29, 0.717) is 24.8 Å². The zero-order chi connectivity index (χ0) is 21.3. The molecular formula is C22H29BrN6O. The molecule has 3 heterocycles. The molecule has 0 aliphatic carbocycles. The fourth-order valence-electron chi connectivity index (χ4n) is 4.15. The lowest BCUT2D eigenvalue weighted by Gasteiger charge is -2.32. The number of fused-ring (bicyclic) bond motifs is 1. The Labute approximate surface area is 185 Å². The van der Waals surface area contributed by atoms with E-state index in [0.717, 1.165) is 65.2 Å². The predicted molar refractivity (Wildman–Crippen MR) is 124 cm³/mol. The minimum Gasteiger partial charge on any atom is -0.506 e. The topological polar surface area (TPSA) is 92.2 Å². The molecule has 0 radical (unpaired) electrons. The van der Waals surface area contributed by atoms with E-state index in [-0.39, 0.29) is 5.75 Å². The van der Waals surface area contributed by atoms with Crippen LogP contribution >= 0.6 is 15.9 Å². The lowest BCUT2D eigenvalue weighted by atomic mass is 10.1. The first-order valence-corrected chi connectivity index (χ1v) is 11.2. The molecule has 160 valence electrons. The van der Waals surface area contributed by atoms with E-state index in [1.54, 1.807) is 6.07 Å². The Balaban J connectivity index is 1.67. The van der Waals surface area contributed by atoms with E-state index in [1.165, 1.54) is 0 Å². The lowest BCUT2D eigenvalue weighted by molar-refractivity contribution is 0.224. The zero-order valence-electron chi connectivity index (χ0n) is 17.5. The van der Waals surface area contributed by atoms with Crippen molar-refractivity contribution in [3.8, 4) is 5.75 Å². The largest absolute Gasteiger partial charge is 0.506 e. The van der Waals surface area contributed by atoms with Crippen molar-refractivity contribution in [2.75, 3.05) is 31.5 Å². The standard InChI is InChI=1S/C22H29BrN6O/c1-14-11-16(23)12-19-21(14)27-22(26-17-5-8-28(9-6-17)10-7-24)29(19)13-18-20(30)4-3-15(2)25-18/h3-4,11-12,17,30H,5-10,13,24H2,1-2H3,(H,26,27). The van der Waals surface area contributed by atoms with Gasteiger partial charge in [-0.05, 0) is 56.5 Å².